The Labute approximate surface area is 85.3 Å². The fourth-order valence-electron chi connectivity index (χ4n) is 1.86. The van der Waals surface area contributed by atoms with E-state index < -0.39 is 0 Å². The standard InChI is InChI=1S/C10H20N2O2/c1-8(10(14)11-2)12-6-3-4-9(13)5-7-12/h8-9,13H,3-7H2,1-2H3,(H,11,14). The summed E-state index contributed by atoms with van der Waals surface area (Å²) in [5, 5.41) is 12.1. The van der Waals surface area contributed by atoms with Gasteiger partial charge in [0.1, 0.15) is 0 Å². The van der Waals surface area contributed by atoms with Crippen LogP contribution in [0.15, 0.2) is 0 Å². The summed E-state index contributed by atoms with van der Waals surface area (Å²) in [5.41, 5.74) is 0. The van der Waals surface area contributed by atoms with Crippen molar-refractivity contribution < 1.29 is 9.90 Å². The molecule has 1 aliphatic rings. The van der Waals surface area contributed by atoms with Crippen molar-refractivity contribution in [1.29, 1.82) is 0 Å². The molecule has 2 N–H and O–H groups in total. The minimum absolute atomic E-state index is 0.0568. The van der Waals surface area contributed by atoms with E-state index >= 15 is 0 Å². The zero-order chi connectivity index (χ0) is 10.6. The predicted octanol–water partition coefficient (Wildman–Crippen LogP) is -0.0323. The van der Waals surface area contributed by atoms with Crippen molar-refractivity contribution in [1.82, 2.24) is 10.2 Å². The number of amides is 1. The van der Waals surface area contributed by atoms with Crippen LogP contribution in [0.5, 0.6) is 0 Å². The molecule has 1 rings (SSSR count). The highest BCUT2D eigenvalue weighted by molar-refractivity contribution is 5.80. The van der Waals surface area contributed by atoms with E-state index in [1.54, 1.807) is 7.05 Å². The van der Waals surface area contributed by atoms with Gasteiger partial charge in [-0.25, -0.2) is 0 Å². The second-order valence-electron chi connectivity index (χ2n) is 3.91. The monoisotopic (exact) mass is 200 g/mol. The maximum Gasteiger partial charge on any atom is 0.236 e. The minimum atomic E-state index is -0.183. The van der Waals surface area contributed by atoms with Gasteiger partial charge in [-0.2, -0.15) is 0 Å². The van der Waals surface area contributed by atoms with Gasteiger partial charge in [-0.3, -0.25) is 9.69 Å². The number of likely N-dealkylation sites (N-methyl/N-ethyl adjacent to an activating group) is 1. The van der Waals surface area contributed by atoms with E-state index in [1.165, 1.54) is 0 Å². The number of carbonyl (C=O) groups excluding carboxylic acids is 1. The zero-order valence-corrected chi connectivity index (χ0v) is 8.99. The van der Waals surface area contributed by atoms with Crippen molar-refractivity contribution in [2.75, 3.05) is 20.1 Å². The molecule has 2 atom stereocenters. The number of hydrogen-bond acceptors (Lipinski definition) is 3. The Balaban J connectivity index is 2.46. The van der Waals surface area contributed by atoms with Gasteiger partial charge in [0.15, 0.2) is 0 Å². The normalized spacial score (nSPS) is 26.6. The van der Waals surface area contributed by atoms with E-state index in [9.17, 15) is 9.90 Å². The van der Waals surface area contributed by atoms with Crippen molar-refractivity contribution >= 4 is 5.91 Å². The molecule has 4 nitrogen and oxygen atoms in total. The number of carbonyl (C=O) groups is 1. The second-order valence-corrected chi connectivity index (χ2v) is 3.91. The van der Waals surface area contributed by atoms with Gasteiger partial charge in [0, 0.05) is 13.6 Å². The van der Waals surface area contributed by atoms with Crippen molar-refractivity contribution in [2.24, 2.45) is 0 Å². The Hall–Kier alpha value is -0.610. The summed E-state index contributed by atoms with van der Waals surface area (Å²) in [6, 6.07) is -0.0784. The van der Waals surface area contributed by atoms with Gasteiger partial charge >= 0.3 is 0 Å². The highest BCUT2D eigenvalue weighted by Crippen LogP contribution is 2.13. The van der Waals surface area contributed by atoms with Crippen LogP contribution in [-0.2, 0) is 4.79 Å². The molecule has 1 amide bonds. The maximum absolute atomic E-state index is 11.4. The van der Waals surface area contributed by atoms with Gasteiger partial charge in [-0.1, -0.05) is 0 Å². The largest absolute Gasteiger partial charge is 0.393 e. The van der Waals surface area contributed by atoms with E-state index in [-0.39, 0.29) is 18.1 Å². The lowest BCUT2D eigenvalue weighted by atomic mass is 10.2. The maximum atomic E-state index is 11.4. The van der Waals surface area contributed by atoms with Gasteiger partial charge in [0.2, 0.25) is 5.91 Å². The number of aliphatic hydroxyl groups is 1. The first-order valence-corrected chi connectivity index (χ1v) is 5.29. The molecule has 1 saturated heterocycles. The Bertz CT molecular complexity index is 197. The van der Waals surface area contributed by atoms with Crippen LogP contribution in [0.3, 0.4) is 0 Å². The average molecular weight is 200 g/mol. The topological polar surface area (TPSA) is 52.6 Å². The van der Waals surface area contributed by atoms with Gasteiger partial charge in [0.25, 0.3) is 0 Å². The molecule has 0 aromatic rings. The summed E-state index contributed by atoms with van der Waals surface area (Å²) in [5.74, 6) is 0.0568. The van der Waals surface area contributed by atoms with E-state index in [4.69, 9.17) is 0 Å². The van der Waals surface area contributed by atoms with Crippen LogP contribution in [0, 0.1) is 0 Å². The molecule has 0 spiro atoms. The van der Waals surface area contributed by atoms with Crippen molar-refractivity contribution in [3.63, 3.8) is 0 Å². The summed E-state index contributed by atoms with van der Waals surface area (Å²) in [6.07, 6.45) is 2.43. The summed E-state index contributed by atoms with van der Waals surface area (Å²) >= 11 is 0. The van der Waals surface area contributed by atoms with E-state index in [0.29, 0.717) is 0 Å². The summed E-state index contributed by atoms with van der Waals surface area (Å²) < 4.78 is 0. The summed E-state index contributed by atoms with van der Waals surface area (Å²) in [4.78, 5) is 13.5. The van der Waals surface area contributed by atoms with Gasteiger partial charge < -0.3 is 10.4 Å². The SMILES string of the molecule is CNC(=O)C(C)N1CCCC(O)CC1. The molecule has 0 aromatic heterocycles. The molecule has 1 aliphatic heterocycles. The zero-order valence-electron chi connectivity index (χ0n) is 8.99. The quantitative estimate of drug-likeness (QED) is 0.658. The van der Waals surface area contributed by atoms with Crippen molar-refractivity contribution in [2.45, 2.75) is 38.3 Å². The third kappa shape index (κ3) is 2.96. The van der Waals surface area contributed by atoms with Crippen LogP contribution in [0.4, 0.5) is 0 Å². The molecular formula is C10H20N2O2. The lowest BCUT2D eigenvalue weighted by Gasteiger charge is -2.25. The molecule has 82 valence electrons. The van der Waals surface area contributed by atoms with Gasteiger partial charge in [-0.05, 0) is 32.7 Å². The predicted molar refractivity (Wildman–Crippen MR) is 55.0 cm³/mol. The lowest BCUT2D eigenvalue weighted by Crippen LogP contribution is -2.44. The molecule has 1 fully saturated rings. The second kappa shape index (κ2) is 5.32. The van der Waals surface area contributed by atoms with Gasteiger partial charge in [-0.15, -0.1) is 0 Å². The highest BCUT2D eigenvalue weighted by atomic mass is 16.3. The molecule has 14 heavy (non-hydrogen) atoms. The van der Waals surface area contributed by atoms with E-state index in [1.807, 2.05) is 6.92 Å². The van der Waals surface area contributed by atoms with Crippen LogP contribution in [-0.4, -0.2) is 48.2 Å². The Morgan fingerprint density at radius 1 is 1.50 bits per heavy atom. The van der Waals surface area contributed by atoms with Crippen LogP contribution in [0.25, 0.3) is 0 Å². The molecular weight excluding hydrogens is 180 g/mol. The molecule has 0 aliphatic carbocycles. The molecule has 1 heterocycles. The summed E-state index contributed by atoms with van der Waals surface area (Å²) in [6.45, 7) is 3.64. The van der Waals surface area contributed by atoms with Crippen LogP contribution < -0.4 is 5.32 Å². The first-order chi connectivity index (χ1) is 6.65. The third-order valence-corrected chi connectivity index (χ3v) is 2.91. The Morgan fingerprint density at radius 3 is 2.86 bits per heavy atom. The first-order valence-electron chi connectivity index (χ1n) is 5.29. The molecule has 0 aromatic carbocycles. The van der Waals surface area contributed by atoms with E-state index in [2.05, 4.69) is 10.2 Å². The van der Waals surface area contributed by atoms with Gasteiger partial charge in [0.05, 0.1) is 12.1 Å². The number of likely N-dealkylation sites (tertiary alicyclic amines) is 1. The number of hydrogen-bond donors (Lipinski definition) is 2. The molecule has 0 bridgehead atoms. The first kappa shape index (κ1) is 11.5. The molecule has 4 heteroatoms. The smallest absolute Gasteiger partial charge is 0.236 e. The fourth-order valence-corrected chi connectivity index (χ4v) is 1.86. The number of nitrogens with one attached hydrogen (secondary N) is 1. The van der Waals surface area contributed by atoms with Crippen LogP contribution >= 0.6 is 0 Å². The Morgan fingerprint density at radius 2 is 2.21 bits per heavy atom. The molecule has 0 saturated carbocycles. The average Bonchev–Trinajstić information content (AvgIpc) is 2.40. The fraction of sp³-hybridized carbons (Fsp3) is 0.900. The van der Waals surface area contributed by atoms with E-state index in [0.717, 1.165) is 32.4 Å². The number of aliphatic hydroxyl groups excluding tert-OH is 1. The number of rotatable bonds is 2. The minimum Gasteiger partial charge on any atom is -0.393 e. The van der Waals surface area contributed by atoms with Crippen LogP contribution in [0.1, 0.15) is 26.2 Å². The third-order valence-electron chi connectivity index (χ3n) is 2.91. The Kier molecular flexibility index (Phi) is 4.35. The lowest BCUT2D eigenvalue weighted by molar-refractivity contribution is -0.125. The van der Waals surface area contributed by atoms with Crippen molar-refractivity contribution in [3.8, 4) is 0 Å². The molecule has 2 unspecified atom stereocenters. The number of nitrogens with zero attached hydrogens (tertiary/aromatic N) is 1. The summed E-state index contributed by atoms with van der Waals surface area (Å²) in [7, 11) is 1.66. The van der Waals surface area contributed by atoms with Crippen molar-refractivity contribution in [3.05, 3.63) is 0 Å². The highest BCUT2D eigenvalue weighted by Gasteiger charge is 2.23. The van der Waals surface area contributed by atoms with Crippen LogP contribution in [0.2, 0.25) is 0 Å². The molecule has 0 radical (unpaired) electrons.